The molecule has 0 spiro atoms. The fourth-order valence-electron chi connectivity index (χ4n) is 2.74. The molecule has 0 aromatic heterocycles. The Morgan fingerprint density at radius 1 is 0.880 bits per heavy atom. The van der Waals surface area contributed by atoms with Crippen molar-refractivity contribution in [1.29, 1.82) is 0 Å². The molecule has 130 valence electrons. The van der Waals surface area contributed by atoms with Crippen LogP contribution in [0.2, 0.25) is 0 Å². The van der Waals surface area contributed by atoms with E-state index >= 15 is 0 Å². The Kier molecular flexibility index (Phi) is 6.20. The zero-order valence-electron chi connectivity index (χ0n) is 14.0. The predicted molar refractivity (Wildman–Crippen MR) is 105 cm³/mol. The van der Waals surface area contributed by atoms with Crippen molar-refractivity contribution in [3.8, 4) is 11.5 Å². The van der Waals surface area contributed by atoms with Gasteiger partial charge in [0.15, 0.2) is 0 Å². The molecule has 0 radical (unpaired) electrons. The maximum absolute atomic E-state index is 10.0. The zero-order valence-corrected chi connectivity index (χ0v) is 14.8. The summed E-state index contributed by atoms with van der Waals surface area (Å²) in [6.45, 7) is 0.305. The number of ether oxygens (including phenoxy) is 1. The molecule has 1 atom stereocenters. The lowest BCUT2D eigenvalue weighted by molar-refractivity contribution is 0.126. The van der Waals surface area contributed by atoms with Crippen molar-refractivity contribution in [2.45, 2.75) is 12.5 Å². The maximum atomic E-state index is 10.0. The highest BCUT2D eigenvalue weighted by Gasteiger charge is 2.07. The molecule has 0 fully saturated rings. The summed E-state index contributed by atoms with van der Waals surface area (Å²) < 4.78 is 5.56. The lowest BCUT2D eigenvalue weighted by Crippen LogP contribution is -2.20. The summed E-state index contributed by atoms with van der Waals surface area (Å²) >= 11 is 1.71. The number of hydrogen-bond donors (Lipinski definition) is 2. The Hall–Kier alpha value is -2.17. The molecule has 0 bridgehead atoms. The first-order chi connectivity index (χ1) is 12.2. The van der Waals surface area contributed by atoms with Crippen molar-refractivity contribution in [1.82, 2.24) is 0 Å². The molecule has 3 rings (SSSR count). The number of aromatic hydroxyl groups is 1. The summed E-state index contributed by atoms with van der Waals surface area (Å²) in [4.78, 5) is 0. The van der Waals surface area contributed by atoms with Crippen LogP contribution < -0.4 is 4.74 Å². The number of phenols is 1. The van der Waals surface area contributed by atoms with Crippen LogP contribution in [-0.4, -0.2) is 34.4 Å². The van der Waals surface area contributed by atoms with E-state index in [-0.39, 0.29) is 0 Å². The smallest absolute Gasteiger partial charge is 0.123 e. The minimum Gasteiger partial charge on any atom is -0.507 e. The van der Waals surface area contributed by atoms with E-state index in [4.69, 9.17) is 4.74 Å². The average molecular weight is 354 g/mol. The zero-order chi connectivity index (χ0) is 17.5. The summed E-state index contributed by atoms with van der Waals surface area (Å²) in [6, 6.07) is 21.2. The summed E-state index contributed by atoms with van der Waals surface area (Å²) in [6.07, 6.45) is 0.416. The van der Waals surface area contributed by atoms with Gasteiger partial charge in [-0.05, 0) is 41.3 Å². The van der Waals surface area contributed by atoms with Crippen molar-refractivity contribution in [2.75, 3.05) is 18.1 Å². The summed E-state index contributed by atoms with van der Waals surface area (Å²) in [5.41, 5.74) is 1.22. The molecule has 25 heavy (non-hydrogen) atoms. The normalized spacial score (nSPS) is 12.2. The Bertz CT molecular complexity index is 805. The Morgan fingerprint density at radius 3 is 2.48 bits per heavy atom. The number of aliphatic hydroxyl groups is 1. The average Bonchev–Trinajstić information content (AvgIpc) is 2.65. The van der Waals surface area contributed by atoms with Crippen LogP contribution in [0.5, 0.6) is 11.5 Å². The SMILES string of the molecule is Oc1cccc2c(CCSC[C@H](O)COc3ccccc3)cccc12. The first-order valence-electron chi connectivity index (χ1n) is 8.37. The van der Waals surface area contributed by atoms with Crippen molar-refractivity contribution in [2.24, 2.45) is 0 Å². The molecule has 0 amide bonds. The van der Waals surface area contributed by atoms with Gasteiger partial charge < -0.3 is 14.9 Å². The number of phenolic OH excluding ortho intramolecular Hbond substituents is 1. The Balaban J connectivity index is 1.45. The van der Waals surface area contributed by atoms with Gasteiger partial charge in [0, 0.05) is 11.1 Å². The van der Waals surface area contributed by atoms with Crippen LogP contribution >= 0.6 is 11.8 Å². The third-order valence-electron chi connectivity index (χ3n) is 4.00. The predicted octanol–water partition coefficient (Wildman–Crippen LogP) is 4.26. The van der Waals surface area contributed by atoms with Crippen molar-refractivity contribution in [3.05, 3.63) is 72.3 Å². The molecule has 0 aliphatic carbocycles. The van der Waals surface area contributed by atoms with E-state index in [0.717, 1.165) is 28.7 Å². The molecule has 0 unspecified atom stereocenters. The van der Waals surface area contributed by atoms with Gasteiger partial charge in [0.1, 0.15) is 18.1 Å². The number of rotatable bonds is 8. The standard InChI is InChI=1S/C21H22O3S/c22-17(14-24-18-7-2-1-3-8-18)15-25-13-12-16-6-4-10-20-19(16)9-5-11-21(20)23/h1-11,17,22-23H,12-15H2/t17-/m1/s1. The molecule has 0 saturated heterocycles. The van der Waals surface area contributed by atoms with Gasteiger partial charge in [0.05, 0.1) is 6.10 Å². The fraction of sp³-hybridized carbons (Fsp3) is 0.238. The van der Waals surface area contributed by atoms with Gasteiger partial charge in [0.2, 0.25) is 0 Å². The summed E-state index contributed by atoms with van der Waals surface area (Å²) in [5, 5.41) is 22.0. The van der Waals surface area contributed by atoms with Crippen LogP contribution in [0.15, 0.2) is 66.7 Å². The minimum absolute atomic E-state index is 0.305. The molecule has 2 N–H and O–H groups in total. The molecular formula is C21H22O3S. The molecule has 0 aliphatic heterocycles. The lowest BCUT2D eigenvalue weighted by atomic mass is 10.0. The molecule has 0 aliphatic rings. The van der Waals surface area contributed by atoms with Crippen molar-refractivity contribution in [3.63, 3.8) is 0 Å². The topological polar surface area (TPSA) is 49.7 Å². The number of hydrogen-bond acceptors (Lipinski definition) is 4. The minimum atomic E-state index is -0.484. The molecule has 3 aromatic carbocycles. The number of benzene rings is 3. The second kappa shape index (κ2) is 8.79. The van der Waals surface area contributed by atoms with Crippen molar-refractivity contribution >= 4 is 22.5 Å². The van der Waals surface area contributed by atoms with Crippen LogP contribution in [0.25, 0.3) is 10.8 Å². The van der Waals surface area contributed by atoms with Gasteiger partial charge in [-0.25, -0.2) is 0 Å². The molecule has 3 aromatic rings. The van der Waals surface area contributed by atoms with Crippen LogP contribution in [0.4, 0.5) is 0 Å². The molecular weight excluding hydrogens is 332 g/mol. The van der Waals surface area contributed by atoms with Gasteiger partial charge in [0.25, 0.3) is 0 Å². The second-order valence-corrected chi connectivity index (χ2v) is 7.04. The molecule has 0 saturated carbocycles. The number of thioether (sulfide) groups is 1. The highest BCUT2D eigenvalue weighted by molar-refractivity contribution is 7.99. The monoisotopic (exact) mass is 354 g/mol. The highest BCUT2D eigenvalue weighted by Crippen LogP contribution is 2.27. The quantitative estimate of drug-likeness (QED) is 0.594. The number of aliphatic hydroxyl groups excluding tert-OH is 1. The fourth-order valence-corrected chi connectivity index (χ4v) is 3.63. The summed E-state index contributed by atoms with van der Waals surface area (Å²) in [7, 11) is 0. The van der Waals surface area contributed by atoms with Gasteiger partial charge in [-0.3, -0.25) is 0 Å². The van der Waals surface area contributed by atoms with E-state index in [2.05, 4.69) is 6.07 Å². The second-order valence-electron chi connectivity index (χ2n) is 5.89. The highest BCUT2D eigenvalue weighted by atomic mass is 32.2. The maximum Gasteiger partial charge on any atom is 0.123 e. The van der Waals surface area contributed by atoms with Crippen LogP contribution in [0, 0.1) is 0 Å². The largest absolute Gasteiger partial charge is 0.507 e. The molecule has 4 heteroatoms. The molecule has 3 nitrogen and oxygen atoms in total. The third kappa shape index (κ3) is 4.91. The van der Waals surface area contributed by atoms with E-state index in [1.807, 2.05) is 54.6 Å². The third-order valence-corrected chi connectivity index (χ3v) is 5.11. The summed E-state index contributed by atoms with van der Waals surface area (Å²) in [5.74, 6) is 2.66. The van der Waals surface area contributed by atoms with E-state index in [0.29, 0.717) is 18.1 Å². The number of para-hydroxylation sites is 1. The van der Waals surface area contributed by atoms with Crippen LogP contribution in [0.1, 0.15) is 5.56 Å². The van der Waals surface area contributed by atoms with E-state index in [1.165, 1.54) is 5.56 Å². The first kappa shape index (κ1) is 17.6. The van der Waals surface area contributed by atoms with Gasteiger partial charge >= 0.3 is 0 Å². The van der Waals surface area contributed by atoms with Gasteiger partial charge in [-0.1, -0.05) is 48.5 Å². The first-order valence-corrected chi connectivity index (χ1v) is 9.53. The van der Waals surface area contributed by atoms with E-state index in [9.17, 15) is 10.2 Å². The number of aryl methyl sites for hydroxylation is 1. The van der Waals surface area contributed by atoms with E-state index < -0.39 is 6.10 Å². The van der Waals surface area contributed by atoms with Crippen molar-refractivity contribution < 1.29 is 14.9 Å². The Labute approximate surface area is 152 Å². The van der Waals surface area contributed by atoms with Gasteiger partial charge in [-0.2, -0.15) is 11.8 Å². The lowest BCUT2D eigenvalue weighted by Gasteiger charge is -2.12. The van der Waals surface area contributed by atoms with Gasteiger partial charge in [-0.15, -0.1) is 0 Å². The van der Waals surface area contributed by atoms with E-state index in [1.54, 1.807) is 17.8 Å². The van der Waals surface area contributed by atoms with Crippen LogP contribution in [0.3, 0.4) is 0 Å². The Morgan fingerprint density at radius 2 is 1.64 bits per heavy atom. The number of fused-ring (bicyclic) bond motifs is 1. The van der Waals surface area contributed by atoms with Crippen LogP contribution in [-0.2, 0) is 6.42 Å². The molecule has 0 heterocycles.